The van der Waals surface area contributed by atoms with Crippen molar-refractivity contribution in [2.45, 2.75) is 39.5 Å². The highest BCUT2D eigenvalue weighted by Crippen LogP contribution is 2.30. The first-order chi connectivity index (χ1) is 10.6. The molecule has 3 rings (SSSR count). The van der Waals surface area contributed by atoms with Gasteiger partial charge >= 0.3 is 0 Å². The second kappa shape index (κ2) is 6.41. The molecule has 0 spiro atoms. The Balaban J connectivity index is 1.78. The number of nitrogens with zero attached hydrogens (tertiary/aromatic N) is 2. The van der Waals surface area contributed by atoms with E-state index in [0.29, 0.717) is 6.10 Å². The number of ether oxygens (including phenoxy) is 1. The van der Waals surface area contributed by atoms with Gasteiger partial charge in [0.1, 0.15) is 0 Å². The normalized spacial score (nSPS) is 15.1. The maximum absolute atomic E-state index is 9.23. The quantitative estimate of drug-likeness (QED) is 0.890. The van der Waals surface area contributed by atoms with Crippen LogP contribution in [0.2, 0.25) is 0 Å². The lowest BCUT2D eigenvalue weighted by atomic mass is 10.0. The van der Waals surface area contributed by atoms with E-state index >= 15 is 0 Å². The summed E-state index contributed by atoms with van der Waals surface area (Å²) in [5, 5.41) is 10.5. The highest BCUT2D eigenvalue weighted by molar-refractivity contribution is 5.85. The molecule has 1 aromatic heterocycles. The van der Waals surface area contributed by atoms with E-state index in [9.17, 15) is 5.11 Å². The Labute approximate surface area is 132 Å². The minimum atomic E-state index is 0.203. The Bertz CT molecular complexity index is 661. The molecule has 120 valence electrons. The first-order valence-electron chi connectivity index (χ1n) is 8.13. The van der Waals surface area contributed by atoms with Crippen LogP contribution in [0.1, 0.15) is 30.5 Å². The lowest BCUT2D eigenvalue weighted by molar-refractivity contribution is 0.0584. The molecule has 0 atom stereocenters. The Kier molecular flexibility index (Phi) is 4.52. The van der Waals surface area contributed by atoms with Gasteiger partial charge in [-0.15, -0.1) is 0 Å². The average molecular weight is 302 g/mol. The molecular weight excluding hydrogens is 276 g/mol. The van der Waals surface area contributed by atoms with E-state index in [4.69, 9.17) is 4.74 Å². The minimum Gasteiger partial charge on any atom is -0.396 e. The summed E-state index contributed by atoms with van der Waals surface area (Å²) in [6.07, 6.45) is 3.17. The van der Waals surface area contributed by atoms with Crippen LogP contribution in [0, 0.1) is 0 Å². The van der Waals surface area contributed by atoms with E-state index in [-0.39, 0.29) is 6.61 Å². The lowest BCUT2D eigenvalue weighted by Gasteiger charge is -2.15. The van der Waals surface area contributed by atoms with E-state index in [1.54, 1.807) is 0 Å². The Hall–Kier alpha value is -1.36. The van der Waals surface area contributed by atoms with Crippen molar-refractivity contribution >= 4 is 10.9 Å². The third kappa shape index (κ3) is 3.05. The third-order valence-electron chi connectivity index (χ3n) is 4.42. The maximum Gasteiger partial charge on any atom is 0.0597 e. The highest BCUT2D eigenvalue weighted by atomic mass is 16.5. The largest absolute Gasteiger partial charge is 0.396 e. The molecule has 0 radical (unpaired) electrons. The van der Waals surface area contributed by atoms with Crippen molar-refractivity contribution in [3.05, 3.63) is 35.0 Å². The van der Waals surface area contributed by atoms with Crippen LogP contribution in [0.4, 0.5) is 0 Å². The fourth-order valence-corrected chi connectivity index (χ4v) is 3.33. The van der Waals surface area contributed by atoms with Gasteiger partial charge in [-0.2, -0.15) is 0 Å². The first-order valence-corrected chi connectivity index (χ1v) is 8.13. The van der Waals surface area contributed by atoms with Gasteiger partial charge in [0.15, 0.2) is 0 Å². The molecule has 0 amide bonds. The molecular formula is C18H26N2O2. The summed E-state index contributed by atoms with van der Waals surface area (Å²) in [5.41, 5.74) is 5.35. The van der Waals surface area contributed by atoms with E-state index in [1.807, 2.05) is 0 Å². The summed E-state index contributed by atoms with van der Waals surface area (Å²) in [6, 6.07) is 4.63. The van der Waals surface area contributed by atoms with Crippen LogP contribution in [-0.4, -0.2) is 40.4 Å². The molecule has 1 aliphatic rings. The number of aryl methyl sites for hydroxylation is 1. The zero-order valence-corrected chi connectivity index (χ0v) is 13.8. The predicted molar refractivity (Wildman–Crippen MR) is 88.9 cm³/mol. The van der Waals surface area contributed by atoms with Gasteiger partial charge in [0.2, 0.25) is 0 Å². The predicted octanol–water partition coefficient (Wildman–Crippen LogP) is 2.45. The molecule has 0 unspecified atom stereocenters. The van der Waals surface area contributed by atoms with Crippen molar-refractivity contribution in [2.24, 2.45) is 7.05 Å². The fourth-order valence-electron chi connectivity index (χ4n) is 3.33. The smallest absolute Gasteiger partial charge is 0.0597 e. The molecule has 0 bridgehead atoms. The van der Waals surface area contributed by atoms with Crippen molar-refractivity contribution in [3.63, 3.8) is 0 Å². The molecule has 22 heavy (non-hydrogen) atoms. The van der Waals surface area contributed by atoms with Crippen molar-refractivity contribution in [3.8, 4) is 0 Å². The van der Waals surface area contributed by atoms with Gasteiger partial charge in [0, 0.05) is 50.4 Å². The maximum atomic E-state index is 9.23. The topological polar surface area (TPSA) is 37.6 Å². The van der Waals surface area contributed by atoms with Crippen LogP contribution >= 0.6 is 0 Å². The van der Waals surface area contributed by atoms with Gasteiger partial charge in [-0.1, -0.05) is 0 Å². The standard InChI is InChI=1S/C18H26N2O2/c1-13(2)22-7-5-20-11-15-8-17-14(4-6-21)10-19(3)18(17)9-16(15)12-20/h8-10,13,21H,4-7,11-12H2,1-3H3. The van der Waals surface area contributed by atoms with Crippen molar-refractivity contribution in [1.29, 1.82) is 0 Å². The van der Waals surface area contributed by atoms with Crippen LogP contribution < -0.4 is 0 Å². The number of hydrogen-bond donors (Lipinski definition) is 1. The zero-order chi connectivity index (χ0) is 15.7. The second-order valence-corrected chi connectivity index (χ2v) is 6.51. The third-order valence-corrected chi connectivity index (χ3v) is 4.42. The number of rotatable bonds is 6. The second-order valence-electron chi connectivity index (χ2n) is 6.51. The van der Waals surface area contributed by atoms with Gasteiger partial charge in [-0.25, -0.2) is 0 Å². The monoisotopic (exact) mass is 302 g/mol. The molecule has 1 N–H and O–H groups in total. The van der Waals surface area contributed by atoms with Crippen LogP contribution in [0.5, 0.6) is 0 Å². The highest BCUT2D eigenvalue weighted by Gasteiger charge is 2.21. The van der Waals surface area contributed by atoms with E-state index in [2.05, 4.69) is 48.7 Å². The molecule has 0 saturated heterocycles. The van der Waals surface area contributed by atoms with Gasteiger partial charge < -0.3 is 14.4 Å². The van der Waals surface area contributed by atoms with Gasteiger partial charge in [-0.05, 0) is 49.1 Å². The number of hydrogen-bond acceptors (Lipinski definition) is 3. The van der Waals surface area contributed by atoms with Gasteiger partial charge in [0.05, 0.1) is 12.7 Å². The lowest BCUT2D eigenvalue weighted by Crippen LogP contribution is -2.23. The summed E-state index contributed by atoms with van der Waals surface area (Å²) in [6.45, 7) is 8.14. The van der Waals surface area contributed by atoms with Gasteiger partial charge in [-0.3, -0.25) is 4.90 Å². The van der Waals surface area contributed by atoms with Crippen LogP contribution in [0.3, 0.4) is 0 Å². The van der Waals surface area contributed by atoms with Crippen molar-refractivity contribution < 1.29 is 9.84 Å². The van der Waals surface area contributed by atoms with Crippen LogP contribution in [0.15, 0.2) is 18.3 Å². The number of aliphatic hydroxyl groups is 1. The molecule has 2 heterocycles. The van der Waals surface area contributed by atoms with E-state index in [0.717, 1.165) is 32.7 Å². The minimum absolute atomic E-state index is 0.203. The van der Waals surface area contributed by atoms with E-state index < -0.39 is 0 Å². The Morgan fingerprint density at radius 1 is 1.23 bits per heavy atom. The van der Waals surface area contributed by atoms with Crippen LogP contribution in [-0.2, 0) is 31.3 Å². The summed E-state index contributed by atoms with van der Waals surface area (Å²) in [7, 11) is 2.08. The van der Waals surface area contributed by atoms with Crippen LogP contribution in [0.25, 0.3) is 10.9 Å². The van der Waals surface area contributed by atoms with Crippen molar-refractivity contribution in [2.75, 3.05) is 19.8 Å². The van der Waals surface area contributed by atoms with Crippen molar-refractivity contribution in [1.82, 2.24) is 9.47 Å². The molecule has 4 heteroatoms. The SMILES string of the molecule is CC(C)OCCN1Cc2cc3c(CCO)cn(C)c3cc2C1. The Morgan fingerprint density at radius 2 is 1.95 bits per heavy atom. The zero-order valence-electron chi connectivity index (χ0n) is 13.8. The summed E-state index contributed by atoms with van der Waals surface area (Å²) in [5.74, 6) is 0. The molecule has 0 aliphatic carbocycles. The number of benzene rings is 1. The summed E-state index contributed by atoms with van der Waals surface area (Å²) >= 11 is 0. The first kappa shape index (κ1) is 15.5. The van der Waals surface area contributed by atoms with E-state index in [1.165, 1.54) is 27.6 Å². The summed E-state index contributed by atoms with van der Waals surface area (Å²) in [4.78, 5) is 2.44. The summed E-state index contributed by atoms with van der Waals surface area (Å²) < 4.78 is 7.83. The number of aliphatic hydroxyl groups excluding tert-OH is 1. The van der Waals surface area contributed by atoms with Gasteiger partial charge in [0.25, 0.3) is 0 Å². The number of fused-ring (bicyclic) bond motifs is 2. The Morgan fingerprint density at radius 3 is 2.64 bits per heavy atom. The average Bonchev–Trinajstić information content (AvgIpc) is 2.98. The molecule has 0 saturated carbocycles. The molecule has 1 aliphatic heterocycles. The molecule has 1 aromatic carbocycles. The molecule has 4 nitrogen and oxygen atoms in total. The number of aromatic nitrogens is 1. The molecule has 2 aromatic rings. The fraction of sp³-hybridized carbons (Fsp3) is 0.556. The molecule has 0 fully saturated rings.